The highest BCUT2D eigenvalue weighted by Gasteiger charge is 2.11. The monoisotopic (exact) mass is 379 g/mol. The molecule has 3 rings (SSSR count). The van der Waals surface area contributed by atoms with E-state index in [9.17, 15) is 0 Å². The number of nitrogens with zero attached hydrogens (tertiary/aromatic N) is 1. The third-order valence-corrected chi connectivity index (χ3v) is 5.10. The topological polar surface area (TPSA) is 12.9 Å². The van der Waals surface area contributed by atoms with Crippen molar-refractivity contribution in [2.45, 2.75) is 32.6 Å². The SMILES string of the molecule is C=CCC/C=C(\C=C)c1cc(Cc2ccccc2)cnc1-c1ccc(CC)cc1. The van der Waals surface area contributed by atoms with Crippen LogP contribution in [0.4, 0.5) is 0 Å². The third kappa shape index (κ3) is 5.42. The van der Waals surface area contributed by atoms with Gasteiger partial charge >= 0.3 is 0 Å². The maximum atomic E-state index is 4.89. The molecule has 0 atom stereocenters. The normalized spacial score (nSPS) is 11.3. The van der Waals surface area contributed by atoms with Gasteiger partial charge in [-0.1, -0.05) is 86.3 Å². The molecule has 146 valence electrons. The Morgan fingerprint density at radius 1 is 0.897 bits per heavy atom. The number of aromatic nitrogens is 1. The molecule has 3 aromatic rings. The molecular formula is C28H29N. The number of rotatable bonds is 9. The summed E-state index contributed by atoms with van der Waals surface area (Å²) < 4.78 is 0. The Morgan fingerprint density at radius 3 is 2.31 bits per heavy atom. The highest BCUT2D eigenvalue weighted by Crippen LogP contribution is 2.30. The van der Waals surface area contributed by atoms with Crippen LogP contribution < -0.4 is 0 Å². The van der Waals surface area contributed by atoms with Crippen molar-refractivity contribution in [3.63, 3.8) is 0 Å². The number of hydrogen-bond donors (Lipinski definition) is 0. The minimum absolute atomic E-state index is 0.868. The van der Waals surface area contributed by atoms with Gasteiger partial charge < -0.3 is 0 Å². The van der Waals surface area contributed by atoms with Crippen molar-refractivity contribution in [2.75, 3.05) is 0 Å². The van der Waals surface area contributed by atoms with Crippen LogP contribution >= 0.6 is 0 Å². The van der Waals surface area contributed by atoms with E-state index in [0.29, 0.717) is 0 Å². The summed E-state index contributed by atoms with van der Waals surface area (Å²) in [4.78, 5) is 4.89. The van der Waals surface area contributed by atoms with Crippen LogP contribution in [-0.4, -0.2) is 4.98 Å². The van der Waals surface area contributed by atoms with Gasteiger partial charge in [0.1, 0.15) is 0 Å². The number of benzene rings is 2. The summed E-state index contributed by atoms with van der Waals surface area (Å²) in [5.74, 6) is 0. The molecule has 1 aromatic heterocycles. The molecule has 0 unspecified atom stereocenters. The fraction of sp³-hybridized carbons (Fsp3) is 0.179. The van der Waals surface area contributed by atoms with Gasteiger partial charge in [0.05, 0.1) is 5.69 Å². The average Bonchev–Trinajstić information content (AvgIpc) is 2.78. The molecule has 0 aliphatic carbocycles. The van der Waals surface area contributed by atoms with Gasteiger partial charge in [0.15, 0.2) is 0 Å². The maximum absolute atomic E-state index is 4.89. The second kappa shape index (κ2) is 10.4. The zero-order chi connectivity index (χ0) is 20.5. The summed E-state index contributed by atoms with van der Waals surface area (Å²) in [6.45, 7) is 10.1. The van der Waals surface area contributed by atoms with E-state index in [2.05, 4.69) is 86.8 Å². The van der Waals surface area contributed by atoms with E-state index in [1.54, 1.807) is 0 Å². The van der Waals surface area contributed by atoms with Crippen LogP contribution in [0, 0.1) is 0 Å². The van der Waals surface area contributed by atoms with E-state index in [1.165, 1.54) is 16.7 Å². The van der Waals surface area contributed by atoms with Crippen molar-refractivity contribution in [2.24, 2.45) is 0 Å². The number of aryl methyl sites for hydroxylation is 1. The van der Waals surface area contributed by atoms with Crippen LogP contribution in [0.25, 0.3) is 16.8 Å². The first-order valence-electron chi connectivity index (χ1n) is 10.3. The predicted molar refractivity (Wildman–Crippen MR) is 126 cm³/mol. The molecule has 0 aliphatic rings. The van der Waals surface area contributed by atoms with Gasteiger partial charge in [0.2, 0.25) is 0 Å². The quantitative estimate of drug-likeness (QED) is 0.214. The van der Waals surface area contributed by atoms with Crippen molar-refractivity contribution in [1.29, 1.82) is 0 Å². The summed E-state index contributed by atoms with van der Waals surface area (Å²) in [6, 6.07) is 21.5. The molecule has 0 radical (unpaired) electrons. The van der Waals surface area contributed by atoms with Crippen molar-refractivity contribution in [3.05, 3.63) is 121 Å². The maximum Gasteiger partial charge on any atom is 0.0780 e. The summed E-state index contributed by atoms with van der Waals surface area (Å²) in [5.41, 5.74) is 8.24. The van der Waals surface area contributed by atoms with Crippen LogP contribution in [0.1, 0.15) is 42.0 Å². The number of hydrogen-bond acceptors (Lipinski definition) is 1. The molecule has 0 aliphatic heterocycles. The Balaban J connectivity index is 2.04. The molecule has 29 heavy (non-hydrogen) atoms. The van der Waals surface area contributed by atoms with E-state index in [4.69, 9.17) is 4.98 Å². The third-order valence-electron chi connectivity index (χ3n) is 5.10. The number of pyridine rings is 1. The Kier molecular flexibility index (Phi) is 7.35. The lowest BCUT2D eigenvalue weighted by molar-refractivity contribution is 1.06. The highest BCUT2D eigenvalue weighted by atomic mass is 14.7. The number of allylic oxidation sites excluding steroid dienone is 4. The molecule has 0 saturated heterocycles. The molecular weight excluding hydrogens is 350 g/mol. The van der Waals surface area contributed by atoms with Gasteiger partial charge in [-0.2, -0.15) is 0 Å². The summed E-state index contributed by atoms with van der Waals surface area (Å²) in [5, 5.41) is 0. The summed E-state index contributed by atoms with van der Waals surface area (Å²) >= 11 is 0. The van der Waals surface area contributed by atoms with Gasteiger partial charge in [0.25, 0.3) is 0 Å². The molecule has 0 amide bonds. The number of unbranched alkanes of at least 4 members (excludes halogenated alkanes) is 1. The van der Waals surface area contributed by atoms with Crippen molar-refractivity contribution >= 4 is 5.57 Å². The molecule has 0 spiro atoms. The van der Waals surface area contributed by atoms with Crippen LogP contribution in [0.5, 0.6) is 0 Å². The highest BCUT2D eigenvalue weighted by molar-refractivity contribution is 5.83. The fourth-order valence-corrected chi connectivity index (χ4v) is 3.44. The van der Waals surface area contributed by atoms with Crippen LogP contribution in [0.15, 0.2) is 98.2 Å². The Bertz CT molecular complexity index is 979. The zero-order valence-corrected chi connectivity index (χ0v) is 17.3. The first-order chi connectivity index (χ1) is 14.2. The minimum Gasteiger partial charge on any atom is -0.255 e. The molecule has 1 heterocycles. The lowest BCUT2D eigenvalue weighted by atomic mass is 9.94. The Hall–Kier alpha value is -3.19. The Morgan fingerprint density at radius 2 is 1.66 bits per heavy atom. The first-order valence-corrected chi connectivity index (χ1v) is 10.3. The smallest absolute Gasteiger partial charge is 0.0780 e. The molecule has 0 N–H and O–H groups in total. The summed E-state index contributed by atoms with van der Waals surface area (Å²) in [7, 11) is 0. The lowest BCUT2D eigenvalue weighted by Gasteiger charge is -2.13. The van der Waals surface area contributed by atoms with Gasteiger partial charge in [0, 0.05) is 17.3 Å². The molecule has 1 heteroatoms. The molecule has 0 bridgehead atoms. The fourth-order valence-electron chi connectivity index (χ4n) is 3.44. The largest absolute Gasteiger partial charge is 0.255 e. The molecule has 0 saturated carbocycles. The van der Waals surface area contributed by atoms with E-state index in [1.807, 2.05) is 18.3 Å². The van der Waals surface area contributed by atoms with Gasteiger partial charge in [-0.3, -0.25) is 4.98 Å². The van der Waals surface area contributed by atoms with Crippen LogP contribution in [-0.2, 0) is 12.8 Å². The van der Waals surface area contributed by atoms with E-state index in [0.717, 1.165) is 48.1 Å². The average molecular weight is 380 g/mol. The standard InChI is InChI=1S/C28H29N/c1-4-7-9-14-25(6-3)27-20-24(19-23-12-10-8-11-13-23)21-29-28(27)26-17-15-22(5-2)16-18-26/h4,6,8,10-18,20-21H,1,3,5,7,9,19H2,2H3/b25-14+. The summed E-state index contributed by atoms with van der Waals surface area (Å²) in [6.07, 6.45) is 11.9. The van der Waals surface area contributed by atoms with Crippen molar-refractivity contribution in [1.82, 2.24) is 4.98 Å². The van der Waals surface area contributed by atoms with Gasteiger partial charge in [-0.15, -0.1) is 6.58 Å². The molecule has 0 fully saturated rings. The van der Waals surface area contributed by atoms with Crippen molar-refractivity contribution in [3.8, 4) is 11.3 Å². The lowest BCUT2D eigenvalue weighted by Crippen LogP contribution is -1.97. The second-order valence-electron chi connectivity index (χ2n) is 7.18. The van der Waals surface area contributed by atoms with E-state index >= 15 is 0 Å². The minimum atomic E-state index is 0.868. The van der Waals surface area contributed by atoms with Crippen molar-refractivity contribution < 1.29 is 0 Å². The molecule has 2 aromatic carbocycles. The van der Waals surface area contributed by atoms with Crippen LogP contribution in [0.3, 0.4) is 0 Å². The van der Waals surface area contributed by atoms with E-state index in [-0.39, 0.29) is 0 Å². The van der Waals surface area contributed by atoms with Gasteiger partial charge in [-0.25, -0.2) is 0 Å². The first kappa shape index (κ1) is 20.5. The van der Waals surface area contributed by atoms with E-state index < -0.39 is 0 Å². The van der Waals surface area contributed by atoms with Crippen LogP contribution in [0.2, 0.25) is 0 Å². The molecule has 1 nitrogen and oxygen atoms in total. The zero-order valence-electron chi connectivity index (χ0n) is 17.3. The second-order valence-corrected chi connectivity index (χ2v) is 7.18. The Labute approximate surface area is 175 Å². The van der Waals surface area contributed by atoms with Gasteiger partial charge in [-0.05, 0) is 54.0 Å². The predicted octanol–water partition coefficient (Wildman–Crippen LogP) is 7.44.